The number of ether oxygens (including phenoxy) is 9. The minimum absolute atomic E-state index is 0.827. The number of carbonyl (C=O) groups excluding carboxylic acids is 3. The summed E-state index contributed by atoms with van der Waals surface area (Å²) >= 11 is 0. The van der Waals surface area contributed by atoms with Crippen molar-refractivity contribution in [3.8, 4) is 0 Å². The van der Waals surface area contributed by atoms with Crippen molar-refractivity contribution in [2.24, 2.45) is 0 Å². The maximum atomic E-state index is 12.8. The van der Waals surface area contributed by atoms with Gasteiger partial charge in [0.1, 0.15) is 122 Å². The zero-order valence-electron chi connectivity index (χ0n) is 36.1. The molecule has 5 aliphatic rings. The molecular formula is C37H61N2O29-. The summed E-state index contributed by atoms with van der Waals surface area (Å²) in [5.74, 6) is -7.30. The number of rotatable bonds is 18. The van der Waals surface area contributed by atoms with Gasteiger partial charge in [-0.05, 0) is 0 Å². The highest BCUT2D eigenvalue weighted by Crippen LogP contribution is 2.39. The van der Waals surface area contributed by atoms with Crippen molar-refractivity contribution in [2.45, 2.75) is 179 Å². The van der Waals surface area contributed by atoms with Crippen molar-refractivity contribution < 1.29 is 144 Å². The first-order valence-corrected chi connectivity index (χ1v) is 21.2. The molecule has 1 unspecified atom stereocenters. The van der Waals surface area contributed by atoms with Gasteiger partial charge >= 0.3 is 0 Å². The Kier molecular flexibility index (Phi) is 19.7. The van der Waals surface area contributed by atoms with Crippen molar-refractivity contribution in [3.63, 3.8) is 0 Å². The quantitative estimate of drug-likeness (QED) is 0.0606. The molecule has 31 nitrogen and oxygen atoms in total. The number of aliphatic hydroxyl groups excluding tert-OH is 16. The monoisotopic (exact) mass is 997 g/mol. The van der Waals surface area contributed by atoms with Crippen LogP contribution in [0.25, 0.3) is 0 Å². The SMILES string of the molecule is CC(=O)N[C@H]1[C@H](O[C@H]2[C@@H](O)[C@@H](CO)O[C@@H](O[C@H]3[C@H](O)[C@@H](O)C(O)O[C@@H]3CO)[C@@H]2O)O[C@H](CO)[C@@H](O[C@@H]2O[C@H](CO)[C@H](O)[C@H](O[C@]3(C(=O)[O-])C[C@H](O)[C@@H](NC(C)=O)[C@H]([C@H](O)[C@H](O)CO)O3)[C@H]2O)[C@@H]1O. The van der Waals surface area contributed by atoms with Gasteiger partial charge in [-0.2, -0.15) is 0 Å². The third-order valence-corrected chi connectivity index (χ3v) is 12.1. The smallest absolute Gasteiger partial charge is 0.217 e. The fourth-order valence-electron chi connectivity index (χ4n) is 8.53. The van der Waals surface area contributed by atoms with Crippen LogP contribution in [0, 0.1) is 0 Å². The topological polar surface area (TPSA) is 505 Å². The van der Waals surface area contributed by atoms with Gasteiger partial charge in [-0.25, -0.2) is 0 Å². The van der Waals surface area contributed by atoms with Gasteiger partial charge in [0.2, 0.25) is 17.6 Å². The number of carboxylic acid groups (broad SMARTS) is 1. The van der Waals surface area contributed by atoms with E-state index in [0.29, 0.717) is 0 Å². The van der Waals surface area contributed by atoms with Gasteiger partial charge in [-0.1, -0.05) is 0 Å². The number of nitrogens with one attached hydrogen (secondary N) is 2. The van der Waals surface area contributed by atoms with E-state index in [1.807, 2.05) is 0 Å². The van der Waals surface area contributed by atoms with Crippen LogP contribution in [0.1, 0.15) is 20.3 Å². The first kappa shape index (κ1) is 56.3. The lowest BCUT2D eigenvalue weighted by Gasteiger charge is -2.52. The summed E-state index contributed by atoms with van der Waals surface area (Å²) in [5.41, 5.74) is 0. The Morgan fingerprint density at radius 1 is 0.588 bits per heavy atom. The number of carboxylic acids is 1. The van der Waals surface area contributed by atoms with E-state index >= 15 is 0 Å². The summed E-state index contributed by atoms with van der Waals surface area (Å²) in [6.07, 6.45) is -47.4. The van der Waals surface area contributed by atoms with Crippen LogP contribution in [0.4, 0.5) is 0 Å². The maximum Gasteiger partial charge on any atom is 0.217 e. The Hall–Kier alpha value is -2.59. The summed E-state index contributed by atoms with van der Waals surface area (Å²) in [4.78, 5) is 37.3. The van der Waals surface area contributed by atoms with Crippen molar-refractivity contribution in [1.29, 1.82) is 0 Å². The van der Waals surface area contributed by atoms with Crippen LogP contribution in [0.3, 0.4) is 0 Å². The Morgan fingerprint density at radius 3 is 1.54 bits per heavy atom. The van der Waals surface area contributed by atoms with Crippen LogP contribution >= 0.6 is 0 Å². The predicted octanol–water partition coefficient (Wildman–Crippen LogP) is -13.8. The molecule has 0 spiro atoms. The molecule has 31 heteroatoms. The second-order valence-electron chi connectivity index (χ2n) is 16.8. The van der Waals surface area contributed by atoms with Crippen LogP contribution in [0.15, 0.2) is 0 Å². The first-order valence-electron chi connectivity index (χ1n) is 21.2. The molecule has 26 atom stereocenters. The molecule has 0 aliphatic carbocycles. The van der Waals surface area contributed by atoms with E-state index < -0.39 is 216 Å². The van der Waals surface area contributed by atoms with E-state index in [4.69, 9.17) is 42.6 Å². The molecule has 5 rings (SSSR count). The van der Waals surface area contributed by atoms with Crippen molar-refractivity contribution in [3.05, 3.63) is 0 Å². The molecule has 394 valence electrons. The van der Waals surface area contributed by atoms with Crippen LogP contribution in [-0.2, 0) is 57.0 Å². The highest BCUT2D eigenvalue weighted by Gasteiger charge is 2.59. The molecule has 0 aromatic heterocycles. The van der Waals surface area contributed by atoms with Gasteiger partial charge in [-0.15, -0.1) is 0 Å². The Labute approximate surface area is 384 Å². The second-order valence-corrected chi connectivity index (χ2v) is 16.8. The summed E-state index contributed by atoms with van der Waals surface area (Å²) in [6.45, 7) is -3.29. The number of hydrogen-bond donors (Lipinski definition) is 18. The number of aliphatic hydroxyl groups is 16. The Morgan fingerprint density at radius 2 is 1.04 bits per heavy atom. The Balaban J connectivity index is 1.40. The van der Waals surface area contributed by atoms with Crippen LogP contribution in [-0.4, -0.2) is 292 Å². The summed E-state index contributed by atoms with van der Waals surface area (Å²) in [6, 6.07) is -3.50. The van der Waals surface area contributed by atoms with E-state index in [1.54, 1.807) is 0 Å². The zero-order chi connectivity index (χ0) is 50.7. The first-order chi connectivity index (χ1) is 32.0. The molecule has 0 saturated carbocycles. The third kappa shape index (κ3) is 11.8. The van der Waals surface area contributed by atoms with E-state index in [-0.39, 0.29) is 0 Å². The van der Waals surface area contributed by atoms with Gasteiger partial charge in [0.25, 0.3) is 0 Å². The third-order valence-electron chi connectivity index (χ3n) is 12.1. The van der Waals surface area contributed by atoms with Gasteiger partial charge in [0.05, 0.1) is 45.2 Å². The van der Waals surface area contributed by atoms with Gasteiger partial charge in [0.15, 0.2) is 25.2 Å². The van der Waals surface area contributed by atoms with Gasteiger partial charge < -0.3 is 145 Å². The zero-order valence-corrected chi connectivity index (χ0v) is 36.1. The van der Waals surface area contributed by atoms with Crippen LogP contribution in [0.5, 0.6) is 0 Å². The van der Waals surface area contributed by atoms with Crippen LogP contribution < -0.4 is 15.7 Å². The van der Waals surface area contributed by atoms with Crippen molar-refractivity contribution in [1.82, 2.24) is 10.6 Å². The van der Waals surface area contributed by atoms with Crippen molar-refractivity contribution >= 4 is 17.8 Å². The maximum absolute atomic E-state index is 12.8. The summed E-state index contributed by atoms with van der Waals surface area (Å²) in [7, 11) is 0. The molecule has 5 heterocycles. The van der Waals surface area contributed by atoms with Gasteiger partial charge in [0, 0.05) is 20.3 Å². The van der Waals surface area contributed by atoms with Crippen molar-refractivity contribution in [2.75, 3.05) is 33.0 Å². The van der Waals surface area contributed by atoms with Gasteiger partial charge in [-0.3, -0.25) is 9.59 Å². The van der Waals surface area contributed by atoms with E-state index in [1.165, 1.54) is 0 Å². The van der Waals surface area contributed by atoms with Crippen LogP contribution in [0.2, 0.25) is 0 Å². The second kappa shape index (κ2) is 23.8. The molecular weight excluding hydrogens is 936 g/mol. The molecule has 5 aliphatic heterocycles. The summed E-state index contributed by atoms with van der Waals surface area (Å²) in [5, 5.41) is 187. The average Bonchev–Trinajstić information content (AvgIpc) is 3.29. The van der Waals surface area contributed by atoms with E-state index in [2.05, 4.69) is 10.6 Å². The Bertz CT molecular complexity index is 1660. The lowest BCUT2D eigenvalue weighted by atomic mass is 9.88. The summed E-state index contributed by atoms with van der Waals surface area (Å²) < 4.78 is 50.3. The normalized spacial score (nSPS) is 46.6. The highest BCUT2D eigenvalue weighted by molar-refractivity contribution is 5.75. The fourth-order valence-corrected chi connectivity index (χ4v) is 8.53. The lowest BCUT2D eigenvalue weighted by Crippen LogP contribution is -2.72. The van der Waals surface area contributed by atoms with E-state index in [0.717, 1.165) is 13.8 Å². The molecule has 68 heavy (non-hydrogen) atoms. The lowest BCUT2D eigenvalue weighted by molar-refractivity contribution is -0.411. The molecule has 0 radical (unpaired) electrons. The largest absolute Gasteiger partial charge is 0.544 e. The highest BCUT2D eigenvalue weighted by atomic mass is 16.8. The number of hydrogen-bond acceptors (Lipinski definition) is 29. The number of carbonyl (C=O) groups is 3. The molecule has 0 aromatic carbocycles. The minimum Gasteiger partial charge on any atom is -0.544 e. The molecule has 18 N–H and O–H groups in total. The standard InChI is InChI=1S/C37H62N2O29/c1-9(45)38-17-11(47)3-37(36(58)59,67-29(17)19(49)12(48)4-40)68-31-21(51)14(6-42)62-35(26(31)56)64-27-16(8-44)63-33(18(22(27)52)39-10(2)46)66-30-20(50)13(5-41)61-34(25(30)55)65-28-15(7-43)60-32(57)24(54)23(28)53/h11-35,40-44,47-57H,3-8H2,1-2H3,(H,38,45)(H,39,46)(H,58,59)/p-1/t11-,12+,13+,14+,15+,16+,17+,18+,19+,20-,21-,22+,23+,24+,25+,26+,27+,28+,29+,30-,31-,32?,33-,34-,35-,37-/m0/s1. The van der Waals surface area contributed by atoms with E-state index in [9.17, 15) is 101 Å². The fraction of sp³-hybridized carbons (Fsp3) is 0.919. The minimum atomic E-state index is -3.28. The predicted molar refractivity (Wildman–Crippen MR) is 204 cm³/mol. The molecule has 0 bridgehead atoms. The number of amides is 2. The number of aliphatic carboxylic acids is 1. The molecule has 5 fully saturated rings. The molecule has 0 aromatic rings. The molecule has 5 saturated heterocycles. The molecule has 2 amide bonds. The average molecular weight is 998 g/mol.